The zero-order valence-electron chi connectivity index (χ0n) is 8.62. The molecule has 0 bridgehead atoms. The number of rotatable bonds is 2. The van der Waals surface area contributed by atoms with Crippen molar-refractivity contribution in [3.05, 3.63) is 23.9 Å². The Balaban J connectivity index is 1.98. The van der Waals surface area contributed by atoms with E-state index in [-0.39, 0.29) is 5.92 Å². The number of nitrogens with one attached hydrogen (secondary N) is 1. The standard InChI is InChI=1S/C11H16FN3/c12-10-7-14-4-3-9(10)5-8-1-2-11(13)15-6-8/h1-2,6,9-10,14H,3-5,7H2,(H2,13,15)/t9-,10+/m0/s1. The topological polar surface area (TPSA) is 50.9 Å². The van der Waals surface area contributed by atoms with Crippen molar-refractivity contribution in [3.8, 4) is 0 Å². The van der Waals surface area contributed by atoms with E-state index in [2.05, 4.69) is 10.3 Å². The van der Waals surface area contributed by atoms with E-state index in [1.165, 1.54) is 0 Å². The molecule has 15 heavy (non-hydrogen) atoms. The summed E-state index contributed by atoms with van der Waals surface area (Å²) in [6.45, 7) is 1.39. The summed E-state index contributed by atoms with van der Waals surface area (Å²) < 4.78 is 13.5. The fourth-order valence-electron chi connectivity index (χ4n) is 1.96. The van der Waals surface area contributed by atoms with E-state index in [0.29, 0.717) is 12.4 Å². The van der Waals surface area contributed by atoms with Crippen molar-refractivity contribution in [3.63, 3.8) is 0 Å². The average Bonchev–Trinajstić information content (AvgIpc) is 2.25. The van der Waals surface area contributed by atoms with Crippen LogP contribution in [0.2, 0.25) is 0 Å². The SMILES string of the molecule is Nc1ccc(C[C@@H]2CCNC[C@H]2F)cn1. The molecular weight excluding hydrogens is 193 g/mol. The number of nitrogen functional groups attached to an aromatic ring is 1. The number of hydrogen-bond acceptors (Lipinski definition) is 3. The van der Waals surface area contributed by atoms with Crippen molar-refractivity contribution in [2.75, 3.05) is 18.8 Å². The lowest BCUT2D eigenvalue weighted by atomic mass is 9.90. The third-order valence-electron chi connectivity index (χ3n) is 2.89. The number of aromatic nitrogens is 1. The van der Waals surface area contributed by atoms with Crippen LogP contribution in [-0.4, -0.2) is 24.2 Å². The van der Waals surface area contributed by atoms with Gasteiger partial charge >= 0.3 is 0 Å². The molecule has 1 saturated heterocycles. The van der Waals surface area contributed by atoms with Gasteiger partial charge in [-0.2, -0.15) is 0 Å². The molecule has 4 heteroatoms. The Bertz CT molecular complexity index is 312. The molecule has 1 aliphatic rings. The van der Waals surface area contributed by atoms with Crippen LogP contribution < -0.4 is 11.1 Å². The first-order chi connectivity index (χ1) is 7.25. The van der Waals surface area contributed by atoms with Crippen molar-refractivity contribution in [2.24, 2.45) is 5.92 Å². The first kappa shape index (κ1) is 10.4. The number of piperidine rings is 1. The Hall–Kier alpha value is -1.16. The number of anilines is 1. The highest BCUT2D eigenvalue weighted by Crippen LogP contribution is 2.20. The molecule has 1 aliphatic heterocycles. The molecule has 2 heterocycles. The van der Waals surface area contributed by atoms with Crippen LogP contribution in [0.4, 0.5) is 10.2 Å². The van der Waals surface area contributed by atoms with Crippen LogP contribution in [0.25, 0.3) is 0 Å². The quantitative estimate of drug-likeness (QED) is 0.768. The Labute approximate surface area is 88.9 Å². The first-order valence-electron chi connectivity index (χ1n) is 5.31. The number of halogens is 1. The largest absolute Gasteiger partial charge is 0.384 e. The van der Waals surface area contributed by atoms with E-state index in [1.807, 2.05) is 6.07 Å². The Morgan fingerprint density at radius 1 is 1.53 bits per heavy atom. The summed E-state index contributed by atoms with van der Waals surface area (Å²) in [5.41, 5.74) is 6.56. The minimum Gasteiger partial charge on any atom is -0.384 e. The lowest BCUT2D eigenvalue weighted by Gasteiger charge is -2.26. The van der Waals surface area contributed by atoms with E-state index in [4.69, 9.17) is 5.73 Å². The van der Waals surface area contributed by atoms with Gasteiger partial charge in [-0.25, -0.2) is 9.37 Å². The summed E-state index contributed by atoms with van der Waals surface area (Å²) in [5, 5.41) is 3.05. The average molecular weight is 209 g/mol. The van der Waals surface area contributed by atoms with Gasteiger partial charge in [0.25, 0.3) is 0 Å². The number of nitrogens with two attached hydrogens (primary N) is 1. The molecule has 1 aromatic rings. The zero-order chi connectivity index (χ0) is 10.7. The molecule has 82 valence electrons. The van der Waals surface area contributed by atoms with Gasteiger partial charge in [0.05, 0.1) is 0 Å². The minimum atomic E-state index is -0.740. The van der Waals surface area contributed by atoms with E-state index >= 15 is 0 Å². The summed E-state index contributed by atoms with van der Waals surface area (Å²) >= 11 is 0. The van der Waals surface area contributed by atoms with Crippen LogP contribution in [0.5, 0.6) is 0 Å². The molecule has 0 aliphatic carbocycles. The van der Waals surface area contributed by atoms with Crippen LogP contribution in [-0.2, 0) is 6.42 Å². The highest BCUT2D eigenvalue weighted by Gasteiger charge is 2.24. The second kappa shape index (κ2) is 4.57. The second-order valence-corrected chi connectivity index (χ2v) is 4.06. The fourth-order valence-corrected chi connectivity index (χ4v) is 1.96. The molecule has 1 aromatic heterocycles. The summed E-state index contributed by atoms with van der Waals surface area (Å²) in [4.78, 5) is 4.01. The zero-order valence-corrected chi connectivity index (χ0v) is 8.62. The smallest absolute Gasteiger partial charge is 0.123 e. The van der Waals surface area contributed by atoms with Crippen LogP contribution in [0.3, 0.4) is 0 Å². The fraction of sp³-hybridized carbons (Fsp3) is 0.545. The van der Waals surface area contributed by atoms with Crippen molar-refractivity contribution in [1.29, 1.82) is 0 Å². The molecule has 1 fully saturated rings. The molecule has 0 aromatic carbocycles. The van der Waals surface area contributed by atoms with Crippen molar-refractivity contribution in [2.45, 2.75) is 19.0 Å². The van der Waals surface area contributed by atoms with Crippen molar-refractivity contribution < 1.29 is 4.39 Å². The predicted molar refractivity (Wildman–Crippen MR) is 58.2 cm³/mol. The summed E-state index contributed by atoms with van der Waals surface area (Å²) in [7, 11) is 0. The Kier molecular flexibility index (Phi) is 3.16. The van der Waals surface area contributed by atoms with Gasteiger partial charge in [0, 0.05) is 12.7 Å². The minimum absolute atomic E-state index is 0.122. The molecule has 2 rings (SSSR count). The molecule has 0 spiro atoms. The van der Waals surface area contributed by atoms with Crippen molar-refractivity contribution in [1.82, 2.24) is 10.3 Å². The monoisotopic (exact) mass is 209 g/mol. The number of hydrogen-bond donors (Lipinski definition) is 2. The predicted octanol–water partition coefficient (Wildman–Crippen LogP) is 1.15. The molecule has 0 unspecified atom stereocenters. The Morgan fingerprint density at radius 3 is 3.07 bits per heavy atom. The van der Waals surface area contributed by atoms with Crippen molar-refractivity contribution >= 4 is 5.82 Å². The molecule has 2 atom stereocenters. The van der Waals surface area contributed by atoms with E-state index in [9.17, 15) is 4.39 Å². The molecule has 3 nitrogen and oxygen atoms in total. The number of pyridine rings is 1. The first-order valence-corrected chi connectivity index (χ1v) is 5.31. The van der Waals surface area contributed by atoms with Crippen LogP contribution in [0.1, 0.15) is 12.0 Å². The molecular formula is C11H16FN3. The molecule has 0 saturated carbocycles. The van der Waals surface area contributed by atoms with E-state index in [0.717, 1.165) is 24.9 Å². The van der Waals surface area contributed by atoms with Gasteiger partial charge in [-0.15, -0.1) is 0 Å². The second-order valence-electron chi connectivity index (χ2n) is 4.06. The third-order valence-corrected chi connectivity index (χ3v) is 2.89. The van der Waals surface area contributed by atoms with Gasteiger partial charge in [0.1, 0.15) is 12.0 Å². The van der Waals surface area contributed by atoms with Gasteiger partial charge < -0.3 is 11.1 Å². The maximum Gasteiger partial charge on any atom is 0.123 e. The lowest BCUT2D eigenvalue weighted by Crippen LogP contribution is -2.38. The maximum atomic E-state index is 13.5. The van der Waals surface area contributed by atoms with Gasteiger partial charge in [0.15, 0.2) is 0 Å². The highest BCUT2D eigenvalue weighted by atomic mass is 19.1. The molecule has 3 N–H and O–H groups in total. The van der Waals surface area contributed by atoms with Crippen LogP contribution in [0.15, 0.2) is 18.3 Å². The summed E-state index contributed by atoms with van der Waals surface area (Å²) in [5.74, 6) is 0.637. The van der Waals surface area contributed by atoms with Gasteiger partial charge in [-0.05, 0) is 36.9 Å². The molecule has 0 amide bonds. The summed E-state index contributed by atoms with van der Waals surface area (Å²) in [6.07, 6.45) is 2.66. The normalized spacial score (nSPS) is 26.5. The third kappa shape index (κ3) is 2.65. The van der Waals surface area contributed by atoms with E-state index < -0.39 is 6.17 Å². The van der Waals surface area contributed by atoms with Gasteiger partial charge in [-0.1, -0.05) is 6.07 Å². The van der Waals surface area contributed by atoms with Crippen LogP contribution in [0, 0.1) is 5.92 Å². The van der Waals surface area contributed by atoms with E-state index in [1.54, 1.807) is 12.3 Å². The van der Waals surface area contributed by atoms with Crippen LogP contribution >= 0.6 is 0 Å². The van der Waals surface area contributed by atoms with Gasteiger partial charge in [-0.3, -0.25) is 0 Å². The molecule has 0 radical (unpaired) electrons. The number of nitrogens with zero attached hydrogens (tertiary/aromatic N) is 1. The Morgan fingerprint density at radius 2 is 2.40 bits per heavy atom. The number of alkyl halides is 1. The highest BCUT2D eigenvalue weighted by molar-refractivity contribution is 5.29. The maximum absolute atomic E-state index is 13.5. The summed E-state index contributed by atoms with van der Waals surface area (Å²) in [6, 6.07) is 3.70. The lowest BCUT2D eigenvalue weighted by molar-refractivity contribution is 0.179. The van der Waals surface area contributed by atoms with Gasteiger partial charge in [0.2, 0.25) is 0 Å².